The molecule has 5 rings (SSSR count). The predicted molar refractivity (Wildman–Crippen MR) is 128 cm³/mol. The van der Waals surface area contributed by atoms with Gasteiger partial charge in [0.1, 0.15) is 11.6 Å². The third kappa shape index (κ3) is 4.09. The number of rotatable bonds is 3. The first-order valence-corrected chi connectivity index (χ1v) is 13.0. The molecule has 2 aromatic rings. The topological polar surface area (TPSA) is 93.4 Å². The van der Waals surface area contributed by atoms with Crippen LogP contribution >= 0.6 is 11.8 Å². The lowest BCUT2D eigenvalue weighted by molar-refractivity contribution is 0.119. The molecule has 0 radical (unpaired) electrons. The molecule has 34 heavy (non-hydrogen) atoms. The second-order valence-corrected chi connectivity index (χ2v) is 10.4. The summed E-state index contributed by atoms with van der Waals surface area (Å²) in [5.74, 6) is 0.796. The van der Waals surface area contributed by atoms with Crippen LogP contribution in [0.1, 0.15) is 41.6 Å². The third-order valence-corrected chi connectivity index (χ3v) is 8.27. The SMILES string of the molecule is CSc1nc2c(c(N3CCN(C(=O)O)[C@@H](CC#N)C3)n1)CC[C@]1(CCc3c(F)cccc3C1)C2. The summed E-state index contributed by atoms with van der Waals surface area (Å²) in [6.45, 7) is 1.35. The van der Waals surface area contributed by atoms with Crippen LogP contribution in [0.2, 0.25) is 0 Å². The number of carbonyl (C=O) groups is 1. The molecular formula is C25H28FN5O2S. The van der Waals surface area contributed by atoms with E-state index in [2.05, 4.69) is 17.0 Å². The van der Waals surface area contributed by atoms with Crippen LogP contribution in [0.5, 0.6) is 0 Å². The first-order valence-electron chi connectivity index (χ1n) is 11.7. The van der Waals surface area contributed by atoms with Crippen molar-refractivity contribution in [2.75, 3.05) is 30.8 Å². The van der Waals surface area contributed by atoms with Crippen molar-refractivity contribution in [3.05, 3.63) is 46.4 Å². The number of amides is 1. The van der Waals surface area contributed by atoms with Gasteiger partial charge in [0, 0.05) is 25.2 Å². The van der Waals surface area contributed by atoms with Gasteiger partial charge < -0.3 is 14.9 Å². The molecule has 178 valence electrons. The Balaban J connectivity index is 1.45. The zero-order valence-electron chi connectivity index (χ0n) is 19.3. The summed E-state index contributed by atoms with van der Waals surface area (Å²) in [7, 11) is 0. The van der Waals surface area contributed by atoms with E-state index in [1.807, 2.05) is 12.3 Å². The summed E-state index contributed by atoms with van der Waals surface area (Å²) in [4.78, 5) is 24.9. The average Bonchev–Trinajstić information content (AvgIpc) is 2.83. The van der Waals surface area contributed by atoms with Gasteiger partial charge >= 0.3 is 6.09 Å². The molecule has 0 unspecified atom stereocenters. The van der Waals surface area contributed by atoms with Crippen molar-refractivity contribution in [1.29, 1.82) is 5.26 Å². The van der Waals surface area contributed by atoms with Gasteiger partial charge in [-0.15, -0.1) is 0 Å². The van der Waals surface area contributed by atoms with Crippen LogP contribution in [0.15, 0.2) is 23.4 Å². The van der Waals surface area contributed by atoms with E-state index in [1.165, 1.54) is 16.7 Å². The summed E-state index contributed by atoms with van der Waals surface area (Å²) in [6, 6.07) is 7.19. The molecule has 2 atom stereocenters. The highest BCUT2D eigenvalue weighted by molar-refractivity contribution is 7.98. The number of halogens is 1. The summed E-state index contributed by atoms with van der Waals surface area (Å²) in [6.07, 6.45) is 6.42. The van der Waals surface area contributed by atoms with Gasteiger partial charge in [0.15, 0.2) is 5.16 Å². The van der Waals surface area contributed by atoms with Gasteiger partial charge in [-0.3, -0.25) is 0 Å². The summed E-state index contributed by atoms with van der Waals surface area (Å²) in [5.41, 5.74) is 4.29. The number of anilines is 1. The van der Waals surface area contributed by atoms with Gasteiger partial charge in [-0.2, -0.15) is 5.26 Å². The molecule has 9 heteroatoms. The molecule has 0 bridgehead atoms. The fraction of sp³-hybridized carbons (Fsp3) is 0.520. The van der Waals surface area contributed by atoms with Crippen LogP contribution in [0.4, 0.5) is 15.0 Å². The number of fused-ring (bicyclic) bond motifs is 2. The molecule has 1 aliphatic heterocycles. The van der Waals surface area contributed by atoms with E-state index in [9.17, 15) is 19.6 Å². The maximum atomic E-state index is 14.3. The Morgan fingerprint density at radius 2 is 2.06 bits per heavy atom. The van der Waals surface area contributed by atoms with E-state index < -0.39 is 6.09 Å². The van der Waals surface area contributed by atoms with Crippen molar-refractivity contribution in [1.82, 2.24) is 14.9 Å². The molecule has 2 aliphatic carbocycles. The van der Waals surface area contributed by atoms with Gasteiger partial charge in [-0.25, -0.2) is 19.2 Å². The van der Waals surface area contributed by atoms with Gasteiger partial charge in [0.2, 0.25) is 0 Å². The van der Waals surface area contributed by atoms with Crippen molar-refractivity contribution < 1.29 is 14.3 Å². The van der Waals surface area contributed by atoms with E-state index in [4.69, 9.17) is 9.97 Å². The number of benzene rings is 1. The van der Waals surface area contributed by atoms with Gasteiger partial charge in [0.05, 0.1) is 24.2 Å². The smallest absolute Gasteiger partial charge is 0.407 e. The van der Waals surface area contributed by atoms with E-state index in [0.29, 0.717) is 24.8 Å². The number of hydrogen-bond acceptors (Lipinski definition) is 6. The Morgan fingerprint density at radius 1 is 1.26 bits per heavy atom. The molecule has 1 amide bonds. The van der Waals surface area contributed by atoms with Crippen LogP contribution < -0.4 is 4.90 Å². The van der Waals surface area contributed by atoms with E-state index in [0.717, 1.165) is 66.7 Å². The second kappa shape index (κ2) is 9.06. The molecule has 0 saturated carbocycles. The lowest BCUT2D eigenvalue weighted by atomic mass is 9.63. The first kappa shape index (κ1) is 22.9. The summed E-state index contributed by atoms with van der Waals surface area (Å²) in [5, 5.41) is 19.5. The largest absolute Gasteiger partial charge is 0.465 e. The molecule has 1 spiro atoms. The number of aromatic nitrogens is 2. The molecule has 1 aromatic carbocycles. The zero-order chi connectivity index (χ0) is 23.9. The number of hydrogen-bond donors (Lipinski definition) is 1. The Labute approximate surface area is 203 Å². The highest BCUT2D eigenvalue weighted by Crippen LogP contribution is 2.47. The summed E-state index contributed by atoms with van der Waals surface area (Å²) >= 11 is 1.51. The number of nitrogens with zero attached hydrogens (tertiary/aromatic N) is 5. The standard InChI is InChI=1S/C25H28FN5O2S/c1-34-23-28-21-14-25(8-5-18-16(13-25)3-2-4-20(18)26)9-6-19(21)22(29-23)30-11-12-31(24(32)33)17(15-30)7-10-27/h2-4,17H,5-9,11-15H2,1H3,(H,32,33)/t17-,25-/m0/s1. The van der Waals surface area contributed by atoms with E-state index >= 15 is 0 Å². The fourth-order valence-electron chi connectivity index (χ4n) is 5.96. The second-order valence-electron chi connectivity index (χ2n) is 9.63. The van der Waals surface area contributed by atoms with Crippen LogP contribution in [0.25, 0.3) is 0 Å². The highest BCUT2D eigenvalue weighted by Gasteiger charge is 2.41. The van der Waals surface area contributed by atoms with E-state index in [-0.39, 0.29) is 23.7 Å². The predicted octanol–water partition coefficient (Wildman–Crippen LogP) is 4.08. The Hall–Kier alpha value is -2.86. The number of thioether (sulfide) groups is 1. The summed E-state index contributed by atoms with van der Waals surface area (Å²) < 4.78 is 14.3. The lowest BCUT2D eigenvalue weighted by Crippen LogP contribution is -2.55. The quantitative estimate of drug-likeness (QED) is 0.521. The molecule has 3 aliphatic rings. The number of piperazine rings is 1. The molecule has 1 N–H and O–H groups in total. The number of carboxylic acid groups (broad SMARTS) is 1. The Kier molecular flexibility index (Phi) is 6.11. The van der Waals surface area contributed by atoms with Crippen LogP contribution in [0, 0.1) is 22.6 Å². The minimum atomic E-state index is -0.981. The van der Waals surface area contributed by atoms with Crippen molar-refractivity contribution in [3.63, 3.8) is 0 Å². The minimum absolute atomic E-state index is 0.0838. The van der Waals surface area contributed by atoms with Gasteiger partial charge in [-0.05, 0) is 67.4 Å². The zero-order valence-corrected chi connectivity index (χ0v) is 20.1. The van der Waals surface area contributed by atoms with E-state index in [1.54, 1.807) is 6.07 Å². The van der Waals surface area contributed by atoms with Gasteiger partial charge in [0.25, 0.3) is 0 Å². The average molecular weight is 482 g/mol. The third-order valence-electron chi connectivity index (χ3n) is 7.72. The molecule has 1 aromatic heterocycles. The van der Waals surface area contributed by atoms with Crippen molar-refractivity contribution >= 4 is 23.7 Å². The Morgan fingerprint density at radius 3 is 2.79 bits per heavy atom. The fourth-order valence-corrected chi connectivity index (χ4v) is 6.34. The van der Waals surface area contributed by atoms with Crippen LogP contribution in [-0.4, -0.2) is 58.0 Å². The monoisotopic (exact) mass is 481 g/mol. The molecule has 2 heterocycles. The molecule has 7 nitrogen and oxygen atoms in total. The first-order chi connectivity index (χ1) is 16.4. The van der Waals surface area contributed by atoms with Crippen molar-refractivity contribution in [2.45, 2.75) is 56.1 Å². The van der Waals surface area contributed by atoms with Crippen LogP contribution in [-0.2, 0) is 25.7 Å². The van der Waals surface area contributed by atoms with Crippen molar-refractivity contribution in [2.24, 2.45) is 5.41 Å². The molecule has 1 saturated heterocycles. The number of nitriles is 1. The lowest BCUT2D eigenvalue weighted by Gasteiger charge is -2.44. The maximum Gasteiger partial charge on any atom is 0.407 e. The molecule has 1 fully saturated rings. The molecular weight excluding hydrogens is 453 g/mol. The van der Waals surface area contributed by atoms with Crippen molar-refractivity contribution in [3.8, 4) is 6.07 Å². The Bertz CT molecular complexity index is 1170. The highest BCUT2D eigenvalue weighted by atomic mass is 32.2. The maximum absolute atomic E-state index is 14.3. The van der Waals surface area contributed by atoms with Gasteiger partial charge in [-0.1, -0.05) is 23.9 Å². The van der Waals surface area contributed by atoms with Crippen LogP contribution in [0.3, 0.4) is 0 Å². The minimum Gasteiger partial charge on any atom is -0.465 e. The normalized spacial score (nSPS) is 23.9.